The topological polar surface area (TPSA) is 50.4 Å². The van der Waals surface area contributed by atoms with Crippen LogP contribution in [0.25, 0.3) is 0 Å². The predicted octanol–water partition coefficient (Wildman–Crippen LogP) is 1.67. The van der Waals surface area contributed by atoms with Gasteiger partial charge in [0.2, 0.25) is 5.91 Å². The van der Waals surface area contributed by atoms with Crippen LogP contribution < -0.4 is 10.6 Å². The van der Waals surface area contributed by atoms with Gasteiger partial charge in [0.15, 0.2) is 0 Å². The summed E-state index contributed by atoms with van der Waals surface area (Å²) in [5.74, 6) is 0.625. The average molecular weight is 276 g/mol. The van der Waals surface area contributed by atoms with Gasteiger partial charge in [-0.2, -0.15) is 0 Å². The van der Waals surface area contributed by atoms with Crippen molar-refractivity contribution in [3.05, 3.63) is 35.9 Å². The van der Waals surface area contributed by atoms with Crippen molar-refractivity contribution in [2.24, 2.45) is 0 Å². The Hall–Kier alpha value is -1.39. The molecule has 4 heteroatoms. The van der Waals surface area contributed by atoms with Crippen molar-refractivity contribution in [1.82, 2.24) is 10.6 Å². The molecule has 0 saturated heterocycles. The SMILES string of the molecule is COCCCNC(=O)C(C)NC1CC1c1ccccc1. The fraction of sp³-hybridized carbons (Fsp3) is 0.562. The number of carbonyl (C=O) groups excluding carboxylic acids is 1. The van der Waals surface area contributed by atoms with Crippen LogP contribution in [-0.2, 0) is 9.53 Å². The number of methoxy groups -OCH3 is 1. The summed E-state index contributed by atoms with van der Waals surface area (Å²) in [6, 6.07) is 10.8. The molecule has 0 bridgehead atoms. The molecule has 1 aliphatic rings. The van der Waals surface area contributed by atoms with Gasteiger partial charge in [0.1, 0.15) is 0 Å². The number of benzene rings is 1. The number of carbonyl (C=O) groups is 1. The van der Waals surface area contributed by atoms with Gasteiger partial charge in [-0.05, 0) is 25.3 Å². The summed E-state index contributed by atoms with van der Waals surface area (Å²) in [6.45, 7) is 3.28. The molecule has 110 valence electrons. The third-order valence-electron chi connectivity index (χ3n) is 3.70. The third-order valence-corrected chi connectivity index (χ3v) is 3.70. The molecule has 2 N–H and O–H groups in total. The number of rotatable bonds is 8. The lowest BCUT2D eigenvalue weighted by Crippen LogP contribution is -2.43. The van der Waals surface area contributed by atoms with E-state index in [1.807, 2.05) is 13.0 Å². The van der Waals surface area contributed by atoms with E-state index in [0.717, 1.165) is 12.8 Å². The first-order chi connectivity index (χ1) is 9.72. The van der Waals surface area contributed by atoms with E-state index >= 15 is 0 Å². The van der Waals surface area contributed by atoms with Crippen molar-refractivity contribution < 1.29 is 9.53 Å². The molecule has 0 aromatic heterocycles. The van der Waals surface area contributed by atoms with E-state index in [-0.39, 0.29) is 11.9 Å². The van der Waals surface area contributed by atoms with Crippen LogP contribution in [0.3, 0.4) is 0 Å². The van der Waals surface area contributed by atoms with Crippen LogP contribution >= 0.6 is 0 Å². The van der Waals surface area contributed by atoms with Crippen molar-refractivity contribution in [1.29, 1.82) is 0 Å². The number of nitrogens with one attached hydrogen (secondary N) is 2. The van der Waals surface area contributed by atoms with E-state index in [1.54, 1.807) is 7.11 Å². The van der Waals surface area contributed by atoms with Gasteiger partial charge in [-0.25, -0.2) is 0 Å². The second-order valence-electron chi connectivity index (χ2n) is 5.39. The van der Waals surface area contributed by atoms with Crippen LogP contribution in [0.1, 0.15) is 31.2 Å². The highest BCUT2D eigenvalue weighted by Crippen LogP contribution is 2.40. The van der Waals surface area contributed by atoms with E-state index < -0.39 is 0 Å². The molecule has 2 rings (SSSR count). The maximum atomic E-state index is 11.9. The summed E-state index contributed by atoms with van der Waals surface area (Å²) in [7, 11) is 1.67. The highest BCUT2D eigenvalue weighted by atomic mass is 16.5. The summed E-state index contributed by atoms with van der Waals surface area (Å²) in [5.41, 5.74) is 1.36. The van der Waals surface area contributed by atoms with Crippen LogP contribution in [0.4, 0.5) is 0 Å². The monoisotopic (exact) mass is 276 g/mol. The number of ether oxygens (including phenoxy) is 1. The zero-order valence-electron chi connectivity index (χ0n) is 12.3. The molecule has 1 aromatic carbocycles. The van der Waals surface area contributed by atoms with E-state index in [4.69, 9.17) is 4.74 Å². The fourth-order valence-electron chi connectivity index (χ4n) is 2.43. The zero-order valence-corrected chi connectivity index (χ0v) is 12.3. The molecule has 4 nitrogen and oxygen atoms in total. The Labute approximate surface area is 120 Å². The van der Waals surface area contributed by atoms with Gasteiger partial charge >= 0.3 is 0 Å². The molecule has 0 heterocycles. The average Bonchev–Trinajstić information content (AvgIpc) is 3.23. The summed E-state index contributed by atoms with van der Waals surface area (Å²) in [6.07, 6.45) is 1.97. The minimum atomic E-state index is -0.142. The Kier molecular flexibility index (Phi) is 5.56. The number of hydrogen-bond donors (Lipinski definition) is 2. The van der Waals surface area contributed by atoms with Gasteiger partial charge in [0.25, 0.3) is 0 Å². The highest BCUT2D eigenvalue weighted by molar-refractivity contribution is 5.81. The second kappa shape index (κ2) is 7.41. The largest absolute Gasteiger partial charge is 0.385 e. The van der Waals surface area contributed by atoms with Crippen LogP contribution in [0, 0.1) is 0 Å². The smallest absolute Gasteiger partial charge is 0.236 e. The summed E-state index contributed by atoms with van der Waals surface area (Å²) >= 11 is 0. The van der Waals surface area contributed by atoms with Crippen LogP contribution in [0.15, 0.2) is 30.3 Å². The summed E-state index contributed by atoms with van der Waals surface area (Å²) < 4.78 is 4.95. The lowest BCUT2D eigenvalue weighted by Gasteiger charge is -2.14. The quantitative estimate of drug-likeness (QED) is 0.710. The van der Waals surface area contributed by atoms with Gasteiger partial charge in [-0.3, -0.25) is 4.79 Å². The normalized spacial score (nSPS) is 22.3. The third kappa shape index (κ3) is 4.32. The van der Waals surface area contributed by atoms with Crippen molar-refractivity contribution >= 4 is 5.91 Å². The molecule has 1 aromatic rings. The van der Waals surface area contributed by atoms with Crippen LogP contribution in [-0.4, -0.2) is 38.3 Å². The standard InChI is InChI=1S/C16H24N2O2/c1-12(16(19)17-9-6-10-20-2)18-15-11-14(15)13-7-4-3-5-8-13/h3-5,7-8,12,14-15,18H,6,9-11H2,1-2H3,(H,17,19). The van der Waals surface area contributed by atoms with Gasteiger partial charge in [0, 0.05) is 32.2 Å². The van der Waals surface area contributed by atoms with Gasteiger partial charge < -0.3 is 15.4 Å². The molecule has 0 radical (unpaired) electrons. The molecular formula is C16H24N2O2. The molecule has 3 atom stereocenters. The van der Waals surface area contributed by atoms with Crippen molar-refractivity contribution in [3.63, 3.8) is 0 Å². The maximum absolute atomic E-state index is 11.9. The Bertz CT molecular complexity index is 422. The zero-order chi connectivity index (χ0) is 14.4. The Balaban J connectivity index is 1.68. The molecule has 1 fully saturated rings. The van der Waals surface area contributed by atoms with Crippen LogP contribution in [0.2, 0.25) is 0 Å². The van der Waals surface area contributed by atoms with E-state index in [1.165, 1.54) is 5.56 Å². The molecule has 20 heavy (non-hydrogen) atoms. The maximum Gasteiger partial charge on any atom is 0.236 e. The summed E-state index contributed by atoms with van der Waals surface area (Å²) in [5, 5.41) is 6.32. The molecule has 1 amide bonds. The molecular weight excluding hydrogens is 252 g/mol. The van der Waals surface area contributed by atoms with Crippen molar-refractivity contribution in [2.45, 2.75) is 37.8 Å². The van der Waals surface area contributed by atoms with Crippen molar-refractivity contribution in [2.75, 3.05) is 20.3 Å². The number of hydrogen-bond acceptors (Lipinski definition) is 3. The molecule has 3 unspecified atom stereocenters. The lowest BCUT2D eigenvalue weighted by molar-refractivity contribution is -0.122. The molecule has 1 aliphatic carbocycles. The Morgan fingerprint density at radius 2 is 2.15 bits per heavy atom. The van der Waals surface area contributed by atoms with Crippen LogP contribution in [0.5, 0.6) is 0 Å². The number of amides is 1. The molecule has 1 saturated carbocycles. The van der Waals surface area contributed by atoms with Crippen molar-refractivity contribution in [3.8, 4) is 0 Å². The predicted molar refractivity (Wildman–Crippen MR) is 79.7 cm³/mol. The van der Waals surface area contributed by atoms with E-state index in [0.29, 0.717) is 25.1 Å². The highest BCUT2D eigenvalue weighted by Gasteiger charge is 2.39. The second-order valence-corrected chi connectivity index (χ2v) is 5.39. The minimum Gasteiger partial charge on any atom is -0.385 e. The van der Waals surface area contributed by atoms with Gasteiger partial charge in [-0.1, -0.05) is 30.3 Å². The minimum absolute atomic E-state index is 0.0693. The Morgan fingerprint density at radius 3 is 2.85 bits per heavy atom. The fourth-order valence-corrected chi connectivity index (χ4v) is 2.43. The summed E-state index contributed by atoms with van der Waals surface area (Å²) in [4.78, 5) is 11.9. The first-order valence-corrected chi connectivity index (χ1v) is 7.30. The first kappa shape index (κ1) is 15.0. The van der Waals surface area contributed by atoms with Gasteiger partial charge in [-0.15, -0.1) is 0 Å². The first-order valence-electron chi connectivity index (χ1n) is 7.30. The lowest BCUT2D eigenvalue weighted by atomic mass is 10.1. The molecule has 0 spiro atoms. The van der Waals surface area contributed by atoms with Gasteiger partial charge in [0.05, 0.1) is 6.04 Å². The van der Waals surface area contributed by atoms with E-state index in [9.17, 15) is 4.79 Å². The molecule has 0 aliphatic heterocycles. The Morgan fingerprint density at radius 1 is 1.40 bits per heavy atom. The van der Waals surface area contributed by atoms with E-state index in [2.05, 4.69) is 34.9 Å².